The van der Waals surface area contributed by atoms with Crippen LogP contribution >= 0.6 is 78.3 Å². The smallest absolute Gasteiger partial charge is 0.122 e. The van der Waals surface area contributed by atoms with Crippen LogP contribution in [0, 0.1) is 0 Å². The van der Waals surface area contributed by atoms with E-state index in [9.17, 15) is 0 Å². The molecule has 0 aromatic carbocycles. The first-order valence-corrected chi connectivity index (χ1v) is 5.70. The SMILES string of the molecule is CC(Br)Br.ClCC(Cl)(Cl)Cl. The monoisotopic (exact) mass is 352 g/mol. The van der Waals surface area contributed by atoms with Crippen LogP contribution in [0.15, 0.2) is 0 Å². The Morgan fingerprint density at radius 3 is 1.40 bits per heavy atom. The van der Waals surface area contributed by atoms with Crippen LogP contribution in [0.25, 0.3) is 0 Å². The van der Waals surface area contributed by atoms with Crippen molar-refractivity contribution in [3.05, 3.63) is 0 Å². The molecule has 0 aliphatic carbocycles. The first-order chi connectivity index (χ1) is 4.29. The highest BCUT2D eigenvalue weighted by Gasteiger charge is 2.16. The maximum absolute atomic E-state index is 5.12. The van der Waals surface area contributed by atoms with Gasteiger partial charge in [-0.2, -0.15) is 0 Å². The van der Waals surface area contributed by atoms with Gasteiger partial charge < -0.3 is 0 Å². The van der Waals surface area contributed by atoms with Crippen molar-refractivity contribution in [3.63, 3.8) is 0 Å². The third kappa shape index (κ3) is 32.1. The number of alkyl halides is 6. The van der Waals surface area contributed by atoms with E-state index in [0.29, 0.717) is 3.74 Å². The van der Waals surface area contributed by atoms with Gasteiger partial charge in [0.2, 0.25) is 3.79 Å². The number of hydrogen-bond acceptors (Lipinski definition) is 0. The topological polar surface area (TPSA) is 0 Å². The van der Waals surface area contributed by atoms with Crippen LogP contribution in [0.2, 0.25) is 0 Å². The second kappa shape index (κ2) is 7.75. The summed E-state index contributed by atoms with van der Waals surface area (Å²) in [7, 11) is 0. The molecular weight excluding hydrogens is 350 g/mol. The largest absolute Gasteiger partial charge is 0.203 e. The molecule has 0 rings (SSSR count). The molecule has 64 valence electrons. The van der Waals surface area contributed by atoms with E-state index in [-0.39, 0.29) is 5.88 Å². The lowest BCUT2D eigenvalue weighted by Gasteiger charge is -2.00. The zero-order chi connectivity index (χ0) is 8.78. The summed E-state index contributed by atoms with van der Waals surface area (Å²) < 4.78 is -0.818. The summed E-state index contributed by atoms with van der Waals surface area (Å²) in [5.41, 5.74) is 0. The lowest BCUT2D eigenvalue weighted by atomic mass is 10.9. The summed E-state index contributed by atoms with van der Waals surface area (Å²) in [4.78, 5) is 0. The molecule has 0 aliphatic rings. The molecule has 0 atom stereocenters. The Morgan fingerprint density at radius 1 is 1.30 bits per heavy atom. The molecule has 10 heavy (non-hydrogen) atoms. The van der Waals surface area contributed by atoms with E-state index < -0.39 is 3.79 Å². The Labute approximate surface area is 97.8 Å². The molecule has 0 N–H and O–H groups in total. The van der Waals surface area contributed by atoms with Gasteiger partial charge in [-0.25, -0.2) is 0 Å². The van der Waals surface area contributed by atoms with Crippen molar-refractivity contribution in [3.8, 4) is 0 Å². The third-order valence-corrected chi connectivity index (χ3v) is 1.36. The zero-order valence-corrected chi connectivity index (χ0v) is 11.2. The first kappa shape index (κ1) is 14.6. The Bertz CT molecular complexity index is 67.4. The normalized spacial score (nSPS) is 10.8. The fourth-order valence-electron chi connectivity index (χ4n) is 0. The molecular formula is C4H6Br2Cl4. The van der Waals surface area contributed by atoms with E-state index in [1.807, 2.05) is 6.92 Å². The molecule has 0 nitrogen and oxygen atoms in total. The van der Waals surface area contributed by atoms with E-state index in [1.165, 1.54) is 0 Å². The summed E-state index contributed by atoms with van der Waals surface area (Å²) in [6.45, 7) is 2.00. The van der Waals surface area contributed by atoms with Crippen LogP contribution in [0.4, 0.5) is 0 Å². The summed E-state index contributed by atoms with van der Waals surface area (Å²) in [6, 6.07) is 0. The second-order valence-corrected chi connectivity index (χ2v) is 8.03. The predicted octanol–water partition coefficient (Wildman–Crippen LogP) is 4.72. The average molecular weight is 356 g/mol. The van der Waals surface area contributed by atoms with Gasteiger partial charge in [0, 0.05) is 0 Å². The molecule has 0 saturated heterocycles. The molecule has 0 aliphatic heterocycles. The average Bonchev–Trinajstić information content (AvgIpc) is 1.63. The molecule has 0 amide bonds. The number of halogens is 6. The Morgan fingerprint density at radius 2 is 1.40 bits per heavy atom. The van der Waals surface area contributed by atoms with Crippen molar-refractivity contribution in [2.45, 2.75) is 14.5 Å². The van der Waals surface area contributed by atoms with Gasteiger partial charge in [0.1, 0.15) is 0 Å². The van der Waals surface area contributed by atoms with Gasteiger partial charge in [-0.05, 0) is 6.92 Å². The molecule has 6 heteroatoms. The fraction of sp³-hybridized carbons (Fsp3) is 1.00. The summed E-state index contributed by atoms with van der Waals surface area (Å²) >= 11 is 26.8. The van der Waals surface area contributed by atoms with Gasteiger partial charge in [0.15, 0.2) is 0 Å². The van der Waals surface area contributed by atoms with Crippen LogP contribution in [-0.4, -0.2) is 13.4 Å². The molecule has 0 saturated carbocycles. The Hall–Kier alpha value is 2.12. The summed E-state index contributed by atoms with van der Waals surface area (Å²) in [6.07, 6.45) is 0. The van der Waals surface area contributed by atoms with Gasteiger partial charge in [0.05, 0.1) is 9.62 Å². The highest BCUT2D eigenvalue weighted by molar-refractivity contribution is 9.24. The number of hydrogen-bond donors (Lipinski definition) is 0. The van der Waals surface area contributed by atoms with Crippen LogP contribution in [0.5, 0.6) is 0 Å². The van der Waals surface area contributed by atoms with Gasteiger partial charge >= 0.3 is 0 Å². The maximum atomic E-state index is 5.12. The van der Waals surface area contributed by atoms with Crippen molar-refractivity contribution < 1.29 is 0 Å². The quantitative estimate of drug-likeness (QED) is 0.552. The third-order valence-electron chi connectivity index (χ3n) is 0.152. The van der Waals surface area contributed by atoms with Crippen LogP contribution in [-0.2, 0) is 0 Å². The number of rotatable bonds is 0. The van der Waals surface area contributed by atoms with Crippen molar-refractivity contribution in [2.75, 3.05) is 5.88 Å². The Kier molecular flexibility index (Phi) is 11.3. The summed E-state index contributed by atoms with van der Waals surface area (Å²) in [5.74, 6) is 0.0394. The van der Waals surface area contributed by atoms with E-state index in [0.717, 1.165) is 0 Å². The second-order valence-electron chi connectivity index (χ2n) is 1.27. The minimum absolute atomic E-state index is 0.0394. The van der Waals surface area contributed by atoms with Gasteiger partial charge in [-0.1, -0.05) is 66.7 Å². The van der Waals surface area contributed by atoms with E-state index in [4.69, 9.17) is 46.4 Å². The minimum Gasteiger partial charge on any atom is -0.122 e. The van der Waals surface area contributed by atoms with Crippen LogP contribution in [0.1, 0.15) is 6.92 Å². The van der Waals surface area contributed by atoms with Gasteiger partial charge in [-0.15, -0.1) is 11.6 Å². The predicted molar refractivity (Wildman–Crippen MR) is 58.3 cm³/mol. The summed E-state index contributed by atoms with van der Waals surface area (Å²) in [5, 5.41) is 0. The molecule has 0 radical (unpaired) electrons. The highest BCUT2D eigenvalue weighted by atomic mass is 79.9. The molecule has 0 bridgehead atoms. The van der Waals surface area contributed by atoms with E-state index >= 15 is 0 Å². The first-order valence-electron chi connectivity index (χ1n) is 2.20. The molecule has 0 fully saturated rings. The van der Waals surface area contributed by atoms with E-state index in [1.54, 1.807) is 0 Å². The zero-order valence-electron chi connectivity index (χ0n) is 5.05. The van der Waals surface area contributed by atoms with Crippen LogP contribution in [0.3, 0.4) is 0 Å². The Balaban J connectivity index is 0. The molecule has 0 aromatic heterocycles. The molecule has 0 aromatic rings. The fourth-order valence-corrected chi connectivity index (χ4v) is 0. The molecule has 0 unspecified atom stereocenters. The van der Waals surface area contributed by atoms with Gasteiger partial charge in [-0.3, -0.25) is 0 Å². The maximum Gasteiger partial charge on any atom is 0.203 e. The van der Waals surface area contributed by atoms with Crippen molar-refractivity contribution >= 4 is 78.3 Å². The minimum atomic E-state index is -1.28. The van der Waals surface area contributed by atoms with Crippen molar-refractivity contribution in [1.82, 2.24) is 0 Å². The lowest BCUT2D eigenvalue weighted by Crippen LogP contribution is -2.01. The van der Waals surface area contributed by atoms with E-state index in [2.05, 4.69) is 31.9 Å². The molecule has 0 heterocycles. The van der Waals surface area contributed by atoms with Crippen molar-refractivity contribution in [2.24, 2.45) is 0 Å². The van der Waals surface area contributed by atoms with Crippen LogP contribution < -0.4 is 0 Å². The lowest BCUT2D eigenvalue weighted by molar-refractivity contribution is 1.28. The molecule has 0 spiro atoms. The standard InChI is InChI=1S/C2H4Br2.C2H2Cl4/c1-2(3)4;3-1-2(4,5)6/h2H,1H3;1H2. The van der Waals surface area contributed by atoms with Gasteiger partial charge in [0.25, 0.3) is 0 Å². The van der Waals surface area contributed by atoms with Crippen molar-refractivity contribution in [1.29, 1.82) is 0 Å². The highest BCUT2D eigenvalue weighted by Crippen LogP contribution is 2.26.